The first kappa shape index (κ1) is 29.6. The van der Waals surface area contributed by atoms with E-state index in [2.05, 4.69) is 35.8 Å². The molecule has 2 aromatic carbocycles. The van der Waals surface area contributed by atoms with E-state index in [0.29, 0.717) is 5.13 Å². The molecule has 4 aromatic rings. The van der Waals surface area contributed by atoms with Crippen LogP contribution in [0.1, 0.15) is 64.2 Å². The molecule has 1 aliphatic rings. The Hall–Kier alpha value is -3.91. The van der Waals surface area contributed by atoms with Crippen LogP contribution in [0.4, 0.5) is 23.4 Å². The lowest BCUT2D eigenvalue weighted by Gasteiger charge is -2.25. The van der Waals surface area contributed by atoms with Gasteiger partial charge in [0, 0.05) is 17.4 Å². The highest BCUT2D eigenvalue weighted by atomic mass is 32.1. The zero-order chi connectivity index (χ0) is 29.7. The summed E-state index contributed by atoms with van der Waals surface area (Å²) in [5.41, 5.74) is 2.12. The quantitative estimate of drug-likeness (QED) is 0.223. The number of para-hydroxylation sites is 1. The number of nitrogens with one attached hydrogen (secondary N) is 2. The summed E-state index contributed by atoms with van der Waals surface area (Å²) in [6, 6.07) is 13.3. The van der Waals surface area contributed by atoms with E-state index in [1.807, 2.05) is 31.2 Å². The Morgan fingerprint density at radius 2 is 1.36 bits per heavy atom. The van der Waals surface area contributed by atoms with Crippen LogP contribution in [0.5, 0.6) is 5.75 Å². The SMILES string of the molecule is Cc1ccccc1CC(=O)Nc1nnc([C@@H]2CCC[C@@H](c3nnc(NC(=O)Cc4ccccc4OC(F)(F)F)s3)C2)s1. The summed E-state index contributed by atoms with van der Waals surface area (Å²) in [4.78, 5) is 25.1. The number of aryl methyl sites for hydroxylation is 1. The largest absolute Gasteiger partial charge is 0.573 e. The lowest BCUT2D eigenvalue weighted by molar-refractivity contribution is -0.274. The number of benzene rings is 2. The molecule has 9 nitrogen and oxygen atoms in total. The minimum atomic E-state index is -4.86. The van der Waals surface area contributed by atoms with Crippen LogP contribution in [0.15, 0.2) is 48.5 Å². The summed E-state index contributed by atoms with van der Waals surface area (Å²) in [6.07, 6.45) is -1.35. The van der Waals surface area contributed by atoms with Gasteiger partial charge >= 0.3 is 6.36 Å². The fraction of sp³-hybridized carbons (Fsp3) is 0.357. The Balaban J connectivity index is 1.16. The number of ether oxygens (including phenoxy) is 1. The maximum absolute atomic E-state index is 12.7. The van der Waals surface area contributed by atoms with E-state index in [9.17, 15) is 22.8 Å². The Kier molecular flexibility index (Phi) is 9.12. The van der Waals surface area contributed by atoms with Crippen molar-refractivity contribution >= 4 is 44.8 Å². The Morgan fingerprint density at radius 3 is 1.93 bits per heavy atom. The second-order valence-corrected chi connectivity index (χ2v) is 12.0. The van der Waals surface area contributed by atoms with Crippen molar-refractivity contribution in [1.29, 1.82) is 0 Å². The number of nitrogens with zero attached hydrogens (tertiary/aromatic N) is 4. The van der Waals surface area contributed by atoms with Crippen LogP contribution in [0, 0.1) is 6.92 Å². The standard InChI is InChI=1S/C28H27F3N6O3S2/c1-16-7-2-3-8-17(16)14-22(38)32-26-36-34-24(41-26)19-10-6-11-20(13-19)25-35-37-27(42-25)33-23(39)15-18-9-4-5-12-21(18)40-28(29,30)31/h2-5,7-9,12,19-20H,6,10-11,13-15H2,1H3,(H,32,36,38)(H,33,37,39)/t19-,20-/m1/s1. The average molecular weight is 617 g/mol. The average Bonchev–Trinajstić information content (AvgIpc) is 3.60. The molecule has 1 saturated carbocycles. The first-order valence-corrected chi connectivity index (χ1v) is 14.9. The summed E-state index contributed by atoms with van der Waals surface area (Å²) < 4.78 is 42.1. The first-order valence-electron chi connectivity index (χ1n) is 13.3. The fourth-order valence-electron chi connectivity index (χ4n) is 4.89. The summed E-state index contributed by atoms with van der Waals surface area (Å²) in [5.74, 6) is -0.833. The second-order valence-electron chi connectivity index (χ2n) is 9.98. The molecule has 0 aliphatic heterocycles. The number of rotatable bonds is 9. The number of carbonyl (C=O) groups is 2. The molecule has 0 saturated heterocycles. The smallest absolute Gasteiger partial charge is 0.405 e. The third-order valence-electron chi connectivity index (χ3n) is 6.91. The molecule has 2 N–H and O–H groups in total. The highest BCUT2D eigenvalue weighted by Crippen LogP contribution is 2.43. The molecule has 1 fully saturated rings. The topological polar surface area (TPSA) is 119 Å². The Morgan fingerprint density at radius 1 is 0.833 bits per heavy atom. The molecule has 0 unspecified atom stereocenters. The van der Waals surface area contributed by atoms with Crippen molar-refractivity contribution < 1.29 is 27.5 Å². The lowest BCUT2D eigenvalue weighted by atomic mass is 9.82. The molecule has 2 aromatic heterocycles. The third-order valence-corrected chi connectivity index (χ3v) is 8.91. The van der Waals surface area contributed by atoms with Gasteiger partial charge in [0.25, 0.3) is 0 Å². The van der Waals surface area contributed by atoms with Crippen molar-refractivity contribution in [3.05, 3.63) is 75.2 Å². The molecule has 0 radical (unpaired) electrons. The van der Waals surface area contributed by atoms with Gasteiger partial charge in [-0.05, 0) is 43.4 Å². The van der Waals surface area contributed by atoms with Crippen molar-refractivity contribution in [3.8, 4) is 5.75 Å². The molecule has 0 bridgehead atoms. The van der Waals surface area contributed by atoms with E-state index in [1.165, 1.54) is 46.9 Å². The molecule has 42 heavy (non-hydrogen) atoms. The number of amides is 2. The van der Waals surface area contributed by atoms with Crippen LogP contribution in [-0.4, -0.2) is 38.6 Å². The zero-order valence-electron chi connectivity index (χ0n) is 22.5. The minimum absolute atomic E-state index is 0.106. The van der Waals surface area contributed by atoms with E-state index in [1.54, 1.807) is 0 Å². The Bertz CT molecular complexity index is 1560. The van der Waals surface area contributed by atoms with Crippen molar-refractivity contribution in [1.82, 2.24) is 20.4 Å². The molecular weight excluding hydrogens is 589 g/mol. The number of anilines is 2. The van der Waals surface area contributed by atoms with Crippen LogP contribution in [0.2, 0.25) is 0 Å². The Labute approximate surface area is 247 Å². The number of alkyl halides is 3. The third kappa shape index (κ3) is 7.88. The van der Waals surface area contributed by atoms with Crippen molar-refractivity contribution in [2.24, 2.45) is 0 Å². The van der Waals surface area contributed by atoms with E-state index in [0.717, 1.165) is 46.8 Å². The molecule has 5 rings (SSSR count). The molecule has 14 heteroatoms. The highest BCUT2D eigenvalue weighted by Gasteiger charge is 2.32. The lowest BCUT2D eigenvalue weighted by Crippen LogP contribution is -2.20. The van der Waals surface area contributed by atoms with Crippen molar-refractivity contribution in [3.63, 3.8) is 0 Å². The van der Waals surface area contributed by atoms with Gasteiger partial charge in [-0.3, -0.25) is 9.59 Å². The van der Waals surface area contributed by atoms with Crippen LogP contribution >= 0.6 is 22.7 Å². The van der Waals surface area contributed by atoms with Crippen LogP contribution in [0.3, 0.4) is 0 Å². The predicted octanol–water partition coefficient (Wildman–Crippen LogP) is 6.40. The van der Waals surface area contributed by atoms with Crippen LogP contribution < -0.4 is 15.4 Å². The van der Waals surface area contributed by atoms with Crippen LogP contribution in [-0.2, 0) is 22.4 Å². The summed E-state index contributed by atoms with van der Waals surface area (Å²) >= 11 is 2.62. The summed E-state index contributed by atoms with van der Waals surface area (Å²) in [6.45, 7) is 1.97. The van der Waals surface area contributed by atoms with E-state index >= 15 is 0 Å². The highest BCUT2D eigenvalue weighted by molar-refractivity contribution is 7.15. The van der Waals surface area contributed by atoms with Crippen molar-refractivity contribution in [2.75, 3.05) is 10.6 Å². The van der Waals surface area contributed by atoms with Gasteiger partial charge in [-0.15, -0.1) is 33.6 Å². The van der Waals surface area contributed by atoms with Gasteiger partial charge in [0.2, 0.25) is 22.1 Å². The predicted molar refractivity (Wildman–Crippen MR) is 153 cm³/mol. The molecule has 2 atom stereocenters. The zero-order valence-corrected chi connectivity index (χ0v) is 24.1. The molecular formula is C28H27F3N6O3S2. The van der Waals surface area contributed by atoms with Gasteiger partial charge in [-0.1, -0.05) is 71.6 Å². The number of hydrogen-bond donors (Lipinski definition) is 2. The molecule has 2 amide bonds. The van der Waals surface area contributed by atoms with Crippen LogP contribution in [0.25, 0.3) is 0 Å². The number of carbonyl (C=O) groups excluding carboxylic acids is 2. The van der Waals surface area contributed by atoms with E-state index < -0.39 is 18.0 Å². The maximum atomic E-state index is 12.7. The second kappa shape index (κ2) is 12.9. The molecule has 2 heterocycles. The summed E-state index contributed by atoms with van der Waals surface area (Å²) in [5, 5.41) is 24.7. The van der Waals surface area contributed by atoms with Gasteiger partial charge in [0.05, 0.1) is 12.8 Å². The normalized spacial score (nSPS) is 17.0. The van der Waals surface area contributed by atoms with Gasteiger partial charge in [0.15, 0.2) is 0 Å². The number of aromatic nitrogens is 4. The molecule has 220 valence electrons. The number of halogens is 3. The van der Waals surface area contributed by atoms with Gasteiger partial charge < -0.3 is 15.4 Å². The van der Waals surface area contributed by atoms with Gasteiger partial charge in [0.1, 0.15) is 15.8 Å². The molecule has 0 spiro atoms. The number of hydrogen-bond acceptors (Lipinski definition) is 9. The fourth-order valence-corrected chi connectivity index (χ4v) is 6.71. The maximum Gasteiger partial charge on any atom is 0.573 e. The van der Waals surface area contributed by atoms with Gasteiger partial charge in [-0.2, -0.15) is 0 Å². The van der Waals surface area contributed by atoms with Crippen molar-refractivity contribution in [2.45, 2.75) is 63.6 Å². The minimum Gasteiger partial charge on any atom is -0.405 e. The summed E-state index contributed by atoms with van der Waals surface area (Å²) in [7, 11) is 0. The molecule has 1 aliphatic carbocycles. The first-order chi connectivity index (χ1) is 20.1. The van der Waals surface area contributed by atoms with E-state index in [4.69, 9.17) is 0 Å². The van der Waals surface area contributed by atoms with Gasteiger partial charge in [-0.25, -0.2) is 0 Å². The monoisotopic (exact) mass is 616 g/mol. The van der Waals surface area contributed by atoms with E-state index in [-0.39, 0.29) is 41.3 Å².